The SMILES string of the molecule is CCCCCCCCCCCCOC[C@@]12O[C@@H](CNC(=O)Cc3ccc(-c4ccccc4)cc3)[C@@H](O)[C@@H]1OC(C)(C)O2. The van der Waals surface area contributed by atoms with Gasteiger partial charge in [0.15, 0.2) is 5.79 Å². The maximum Gasteiger partial charge on any atom is 0.224 e. The van der Waals surface area contributed by atoms with Gasteiger partial charge in [0.1, 0.15) is 24.9 Å². The summed E-state index contributed by atoms with van der Waals surface area (Å²) in [6.07, 6.45) is 10.6. The lowest BCUT2D eigenvalue weighted by atomic mass is 10.0. The third-order valence-electron chi connectivity index (χ3n) is 8.18. The molecule has 7 heteroatoms. The molecule has 2 aromatic rings. The Labute approximate surface area is 252 Å². The highest BCUT2D eigenvalue weighted by atomic mass is 16.9. The summed E-state index contributed by atoms with van der Waals surface area (Å²) in [5, 5.41) is 14.0. The van der Waals surface area contributed by atoms with Gasteiger partial charge in [-0.2, -0.15) is 0 Å². The van der Waals surface area contributed by atoms with E-state index in [9.17, 15) is 9.90 Å². The number of hydrogen-bond acceptors (Lipinski definition) is 6. The van der Waals surface area contributed by atoms with Crippen LogP contribution in [-0.4, -0.2) is 60.7 Å². The fourth-order valence-corrected chi connectivity index (χ4v) is 5.96. The van der Waals surface area contributed by atoms with Crippen LogP contribution < -0.4 is 5.32 Å². The summed E-state index contributed by atoms with van der Waals surface area (Å²) in [4.78, 5) is 12.7. The van der Waals surface area contributed by atoms with Crippen LogP contribution in [-0.2, 0) is 30.2 Å². The molecule has 2 aliphatic heterocycles. The number of carbonyl (C=O) groups excluding carboxylic acids is 1. The topological polar surface area (TPSA) is 86.3 Å². The highest BCUT2D eigenvalue weighted by molar-refractivity contribution is 5.79. The summed E-state index contributed by atoms with van der Waals surface area (Å²) < 4.78 is 24.5. The molecular formula is C35H51NO6. The number of aliphatic hydroxyl groups excluding tert-OH is 1. The lowest BCUT2D eigenvalue weighted by molar-refractivity contribution is -0.277. The molecule has 2 aliphatic rings. The van der Waals surface area contributed by atoms with Gasteiger partial charge in [-0.15, -0.1) is 0 Å². The van der Waals surface area contributed by atoms with Crippen molar-refractivity contribution in [3.8, 4) is 11.1 Å². The van der Waals surface area contributed by atoms with Crippen LogP contribution in [0.5, 0.6) is 0 Å². The molecule has 42 heavy (non-hydrogen) atoms. The second-order valence-electron chi connectivity index (χ2n) is 12.3. The molecule has 232 valence electrons. The zero-order valence-corrected chi connectivity index (χ0v) is 25.8. The maximum absolute atomic E-state index is 12.7. The Balaban J connectivity index is 1.18. The van der Waals surface area contributed by atoms with Crippen LogP contribution in [0.1, 0.15) is 90.5 Å². The fraction of sp³-hybridized carbons (Fsp3) is 0.629. The lowest BCUT2D eigenvalue weighted by Crippen LogP contribution is -2.45. The van der Waals surface area contributed by atoms with Crippen LogP contribution in [0.25, 0.3) is 11.1 Å². The molecule has 2 N–H and O–H groups in total. The molecular weight excluding hydrogens is 530 g/mol. The first-order chi connectivity index (χ1) is 20.3. The van der Waals surface area contributed by atoms with Gasteiger partial charge in [0, 0.05) is 13.2 Å². The number of amides is 1. The van der Waals surface area contributed by atoms with Crippen LogP contribution in [0.2, 0.25) is 0 Å². The summed E-state index contributed by atoms with van der Waals surface area (Å²) in [6, 6.07) is 18.1. The highest BCUT2D eigenvalue weighted by Crippen LogP contribution is 2.45. The van der Waals surface area contributed by atoms with Gasteiger partial charge in [0.25, 0.3) is 0 Å². The zero-order chi connectivity index (χ0) is 29.8. The van der Waals surface area contributed by atoms with E-state index >= 15 is 0 Å². The summed E-state index contributed by atoms with van der Waals surface area (Å²) in [5.74, 6) is -2.22. The predicted octanol–water partition coefficient (Wildman–Crippen LogP) is 6.56. The number of ether oxygens (including phenoxy) is 4. The molecule has 0 bridgehead atoms. The molecule has 4 atom stereocenters. The van der Waals surface area contributed by atoms with Gasteiger partial charge in [-0.05, 0) is 37.0 Å². The average Bonchev–Trinajstić information content (AvgIpc) is 3.39. The lowest BCUT2D eigenvalue weighted by Gasteiger charge is -2.28. The second kappa shape index (κ2) is 16.0. The summed E-state index contributed by atoms with van der Waals surface area (Å²) >= 11 is 0. The molecule has 0 unspecified atom stereocenters. The van der Waals surface area contributed by atoms with Crippen molar-refractivity contribution < 1.29 is 28.8 Å². The Hall–Kier alpha value is -2.29. The monoisotopic (exact) mass is 581 g/mol. The van der Waals surface area contributed by atoms with Crippen molar-refractivity contribution in [2.45, 2.75) is 121 Å². The number of unbranched alkanes of at least 4 members (excludes halogenated alkanes) is 9. The Kier molecular flexibility index (Phi) is 12.4. The van der Waals surface area contributed by atoms with Gasteiger partial charge in [0.05, 0.1) is 6.42 Å². The number of fused-ring (bicyclic) bond motifs is 1. The van der Waals surface area contributed by atoms with Gasteiger partial charge in [-0.1, -0.05) is 119 Å². The van der Waals surface area contributed by atoms with E-state index in [0.29, 0.717) is 6.61 Å². The quantitative estimate of drug-likeness (QED) is 0.194. The normalized spacial score (nSPS) is 24.5. The Morgan fingerprint density at radius 3 is 2.14 bits per heavy atom. The molecule has 2 aromatic carbocycles. The van der Waals surface area contributed by atoms with E-state index in [1.54, 1.807) is 0 Å². The van der Waals surface area contributed by atoms with Gasteiger partial charge in [-0.25, -0.2) is 0 Å². The van der Waals surface area contributed by atoms with Crippen molar-refractivity contribution in [3.05, 3.63) is 60.2 Å². The van der Waals surface area contributed by atoms with Crippen LogP contribution in [0.4, 0.5) is 0 Å². The van der Waals surface area contributed by atoms with Crippen molar-refractivity contribution in [1.82, 2.24) is 5.32 Å². The molecule has 0 aliphatic carbocycles. The molecule has 2 heterocycles. The number of benzene rings is 2. The minimum absolute atomic E-state index is 0.135. The molecule has 1 amide bonds. The molecule has 7 nitrogen and oxygen atoms in total. The fourth-order valence-electron chi connectivity index (χ4n) is 5.96. The van der Waals surface area contributed by atoms with Crippen molar-refractivity contribution >= 4 is 5.91 Å². The summed E-state index contributed by atoms with van der Waals surface area (Å²) in [7, 11) is 0. The first-order valence-electron chi connectivity index (χ1n) is 16.0. The third kappa shape index (κ3) is 9.35. The summed E-state index contributed by atoms with van der Waals surface area (Å²) in [6.45, 7) is 6.82. The number of hydrogen-bond donors (Lipinski definition) is 2. The Morgan fingerprint density at radius 1 is 0.857 bits per heavy atom. The van der Waals surface area contributed by atoms with Gasteiger partial charge in [0.2, 0.25) is 11.7 Å². The van der Waals surface area contributed by atoms with Gasteiger partial charge in [-0.3, -0.25) is 4.79 Å². The standard InChI is InChI=1S/C35H51NO6/c1-4-5-6-7-8-9-10-11-12-16-23-39-26-35-33(41-34(2,3)42-35)32(38)30(40-35)25-36-31(37)24-27-19-21-29(22-20-27)28-17-14-13-15-18-28/h13-15,17-22,30,32-33,38H,4-12,16,23-26H2,1-3H3,(H,36,37)/t30-,32+,33-,35-/m0/s1. The number of nitrogens with one attached hydrogen (secondary N) is 1. The number of rotatable bonds is 18. The Bertz CT molecular complexity index is 1070. The zero-order valence-electron chi connectivity index (χ0n) is 25.8. The van der Waals surface area contributed by atoms with E-state index in [1.165, 1.54) is 51.4 Å². The van der Waals surface area contributed by atoms with Gasteiger partial charge >= 0.3 is 0 Å². The molecule has 2 fully saturated rings. The molecule has 0 aromatic heterocycles. The minimum Gasteiger partial charge on any atom is -0.387 e. The smallest absolute Gasteiger partial charge is 0.224 e. The van der Waals surface area contributed by atoms with E-state index in [2.05, 4.69) is 24.4 Å². The molecule has 0 saturated carbocycles. The molecule has 2 saturated heterocycles. The van der Waals surface area contributed by atoms with Gasteiger partial charge < -0.3 is 29.4 Å². The van der Waals surface area contributed by atoms with E-state index in [4.69, 9.17) is 18.9 Å². The molecule has 0 spiro atoms. The van der Waals surface area contributed by atoms with Crippen molar-refractivity contribution in [3.63, 3.8) is 0 Å². The maximum atomic E-state index is 12.7. The minimum atomic E-state index is -1.19. The van der Waals surface area contributed by atoms with E-state index < -0.39 is 29.9 Å². The number of carbonyl (C=O) groups is 1. The number of aliphatic hydroxyl groups is 1. The largest absolute Gasteiger partial charge is 0.387 e. The van der Waals surface area contributed by atoms with Crippen LogP contribution in [0, 0.1) is 0 Å². The highest BCUT2D eigenvalue weighted by Gasteiger charge is 2.64. The van der Waals surface area contributed by atoms with E-state index in [0.717, 1.165) is 29.5 Å². The Morgan fingerprint density at radius 2 is 1.48 bits per heavy atom. The summed E-state index contributed by atoms with van der Waals surface area (Å²) in [5.41, 5.74) is 3.17. The third-order valence-corrected chi connectivity index (χ3v) is 8.18. The van der Waals surface area contributed by atoms with Crippen LogP contribution >= 0.6 is 0 Å². The van der Waals surface area contributed by atoms with Crippen LogP contribution in [0.3, 0.4) is 0 Å². The van der Waals surface area contributed by atoms with E-state index in [1.807, 2.05) is 56.3 Å². The first-order valence-corrected chi connectivity index (χ1v) is 16.0. The predicted molar refractivity (Wildman–Crippen MR) is 165 cm³/mol. The molecule has 4 rings (SSSR count). The van der Waals surface area contributed by atoms with Crippen molar-refractivity contribution in [2.75, 3.05) is 19.8 Å². The van der Waals surface area contributed by atoms with Crippen molar-refractivity contribution in [1.29, 1.82) is 0 Å². The average molecular weight is 582 g/mol. The first kappa shape index (κ1) is 32.6. The second-order valence-corrected chi connectivity index (χ2v) is 12.3. The van der Waals surface area contributed by atoms with E-state index in [-0.39, 0.29) is 25.5 Å². The van der Waals surface area contributed by atoms with Crippen LogP contribution in [0.15, 0.2) is 54.6 Å². The molecule has 0 radical (unpaired) electrons. The van der Waals surface area contributed by atoms with Crippen molar-refractivity contribution in [2.24, 2.45) is 0 Å².